The molecule has 2 N–H and O–H groups in total. The number of ketones is 1. The van der Waals surface area contributed by atoms with Crippen LogP contribution in [0.2, 0.25) is 0 Å². The van der Waals surface area contributed by atoms with Crippen molar-refractivity contribution in [2.75, 3.05) is 0 Å². The highest BCUT2D eigenvalue weighted by molar-refractivity contribution is 5.95. The van der Waals surface area contributed by atoms with Crippen molar-refractivity contribution >= 4 is 5.78 Å². The van der Waals surface area contributed by atoms with Crippen LogP contribution in [0.25, 0.3) is 0 Å². The van der Waals surface area contributed by atoms with E-state index in [-0.39, 0.29) is 12.1 Å². The normalized spacial score (nSPS) is 14.7. The average Bonchev–Trinajstić information content (AvgIpc) is 2.59. The summed E-state index contributed by atoms with van der Waals surface area (Å²) in [5.41, 5.74) is -2.37. The molecule has 1 heterocycles. The second-order valence-electron chi connectivity index (χ2n) is 6.04. The predicted octanol–water partition coefficient (Wildman–Crippen LogP) is 5.17. The van der Waals surface area contributed by atoms with Crippen LogP contribution in [0, 0.1) is 5.82 Å². The Kier molecular flexibility index (Phi) is 5.98. The van der Waals surface area contributed by atoms with Crippen LogP contribution in [0.5, 0.6) is 0 Å². The third kappa shape index (κ3) is 4.69. The maximum atomic E-state index is 13.7. The molecule has 1 aromatic carbocycles. The van der Waals surface area contributed by atoms with Crippen molar-refractivity contribution in [1.82, 2.24) is 4.98 Å². The molecule has 0 saturated carbocycles. The first-order valence-corrected chi connectivity index (χ1v) is 7.67. The molecule has 2 aromatic rings. The summed E-state index contributed by atoms with van der Waals surface area (Å²) in [5, 5.41) is 0. The Labute approximate surface area is 157 Å². The largest absolute Gasteiger partial charge is 0.419 e. The van der Waals surface area contributed by atoms with Crippen LogP contribution >= 0.6 is 0 Å². The highest BCUT2D eigenvalue weighted by atomic mass is 19.4. The Bertz CT molecular complexity index is 891. The van der Waals surface area contributed by atoms with Gasteiger partial charge in [0.1, 0.15) is 17.1 Å². The fourth-order valence-electron chi connectivity index (χ4n) is 2.43. The second-order valence-corrected chi connectivity index (χ2v) is 6.04. The smallest absolute Gasteiger partial charge is 0.314 e. The number of hydrogen-bond acceptors (Lipinski definition) is 3. The van der Waals surface area contributed by atoms with Gasteiger partial charge in [-0.2, -0.15) is 26.3 Å². The molecule has 0 aliphatic rings. The average molecular weight is 430 g/mol. The molecule has 1 aromatic heterocycles. The number of carbonyl (C=O) groups excluding carboxylic acids is 1. The maximum absolute atomic E-state index is 13.7. The van der Waals surface area contributed by atoms with E-state index >= 15 is 0 Å². The number of alkyl halides is 8. The van der Waals surface area contributed by atoms with Crippen LogP contribution in [0.3, 0.4) is 0 Å². The predicted molar refractivity (Wildman–Crippen MR) is 81.5 cm³/mol. The van der Waals surface area contributed by atoms with Crippen molar-refractivity contribution in [3.8, 4) is 0 Å². The fraction of sp³-hybridized carbons (Fsp3) is 0.294. The quantitative estimate of drug-likeness (QED) is 0.526. The zero-order valence-corrected chi connectivity index (χ0v) is 14.1. The lowest BCUT2D eigenvalue weighted by atomic mass is 9.84. The van der Waals surface area contributed by atoms with E-state index in [1.54, 1.807) is 0 Å². The van der Waals surface area contributed by atoms with Gasteiger partial charge in [0, 0.05) is 18.2 Å². The molecule has 158 valence electrons. The van der Waals surface area contributed by atoms with E-state index in [2.05, 4.69) is 4.98 Å². The minimum absolute atomic E-state index is 0.0447. The minimum Gasteiger partial charge on any atom is -0.314 e. The lowest BCUT2D eigenvalue weighted by molar-refractivity contribution is -0.188. The summed E-state index contributed by atoms with van der Waals surface area (Å²) in [6.07, 6.45) is -14.4. The van der Waals surface area contributed by atoms with Gasteiger partial charge in [-0.05, 0) is 29.8 Å². The molecule has 0 fully saturated rings. The number of hydrogen-bond donors (Lipinski definition) is 1. The minimum atomic E-state index is -5.36. The number of rotatable bonds is 5. The fourth-order valence-corrected chi connectivity index (χ4v) is 2.43. The first-order valence-electron chi connectivity index (χ1n) is 7.67. The standard InChI is InChI=1S/C17H11F9N2O/c18-11-5-9(2-3-10(11)16(21,22)23)15(27,17(24,25)26)6-13(29)12-4-1-8(7-28-12)14(19)20/h1-5,7,14H,6,27H2. The van der Waals surface area contributed by atoms with Crippen LogP contribution in [-0.4, -0.2) is 16.9 Å². The SMILES string of the molecule is NC(CC(=O)c1ccc(C(F)F)cn1)(c1ccc(C(F)(F)F)c(F)c1)C(F)(F)F. The molecule has 2 rings (SSSR count). The molecular weight excluding hydrogens is 419 g/mol. The van der Waals surface area contributed by atoms with Crippen LogP contribution in [-0.2, 0) is 11.7 Å². The van der Waals surface area contributed by atoms with E-state index in [1.807, 2.05) is 0 Å². The third-order valence-electron chi connectivity index (χ3n) is 4.06. The summed E-state index contributed by atoms with van der Waals surface area (Å²) >= 11 is 0. The zero-order valence-electron chi connectivity index (χ0n) is 14.1. The van der Waals surface area contributed by atoms with E-state index in [0.29, 0.717) is 12.3 Å². The molecule has 0 aliphatic carbocycles. The van der Waals surface area contributed by atoms with Gasteiger partial charge in [0.05, 0.1) is 5.56 Å². The first-order chi connectivity index (χ1) is 13.2. The molecule has 12 heteroatoms. The van der Waals surface area contributed by atoms with E-state index < -0.39 is 64.7 Å². The van der Waals surface area contributed by atoms with Gasteiger partial charge in [-0.1, -0.05) is 6.07 Å². The Hall–Kier alpha value is -2.63. The second kappa shape index (κ2) is 7.65. The van der Waals surface area contributed by atoms with Gasteiger partial charge < -0.3 is 5.73 Å². The Morgan fingerprint density at radius 2 is 1.66 bits per heavy atom. The summed E-state index contributed by atoms with van der Waals surface area (Å²) in [7, 11) is 0. The summed E-state index contributed by atoms with van der Waals surface area (Å²) in [6, 6.07) is 1.89. The maximum Gasteiger partial charge on any atom is 0.419 e. The molecule has 3 nitrogen and oxygen atoms in total. The van der Waals surface area contributed by atoms with Crippen LogP contribution in [0.15, 0.2) is 36.5 Å². The van der Waals surface area contributed by atoms with Gasteiger partial charge in [0.25, 0.3) is 6.43 Å². The van der Waals surface area contributed by atoms with Gasteiger partial charge in [-0.15, -0.1) is 0 Å². The van der Waals surface area contributed by atoms with E-state index in [0.717, 1.165) is 12.1 Å². The topological polar surface area (TPSA) is 56.0 Å². The van der Waals surface area contributed by atoms with Crippen LogP contribution in [0.1, 0.15) is 40.0 Å². The summed E-state index contributed by atoms with van der Waals surface area (Å²) in [6.45, 7) is 0. The number of aromatic nitrogens is 1. The van der Waals surface area contributed by atoms with Crippen molar-refractivity contribution in [3.63, 3.8) is 0 Å². The highest BCUT2D eigenvalue weighted by Crippen LogP contribution is 2.42. The van der Waals surface area contributed by atoms with Crippen molar-refractivity contribution < 1.29 is 44.3 Å². The molecule has 1 unspecified atom stereocenters. The number of halogens is 9. The summed E-state index contributed by atoms with van der Waals surface area (Å²) in [5.74, 6) is -3.33. The monoisotopic (exact) mass is 430 g/mol. The molecular formula is C17H11F9N2O. The van der Waals surface area contributed by atoms with Gasteiger partial charge in [-0.3, -0.25) is 9.78 Å². The lowest BCUT2D eigenvalue weighted by Crippen LogP contribution is -2.52. The Morgan fingerprint density at radius 1 is 1.03 bits per heavy atom. The lowest BCUT2D eigenvalue weighted by Gasteiger charge is -2.32. The van der Waals surface area contributed by atoms with Crippen LogP contribution < -0.4 is 5.73 Å². The van der Waals surface area contributed by atoms with Gasteiger partial charge in [-0.25, -0.2) is 13.2 Å². The van der Waals surface area contributed by atoms with E-state index in [4.69, 9.17) is 5.73 Å². The molecule has 0 spiro atoms. The molecule has 0 radical (unpaired) electrons. The number of carbonyl (C=O) groups is 1. The Balaban J connectivity index is 2.43. The number of Topliss-reactive ketones (excluding diaryl/α,β-unsaturated/α-hetero) is 1. The summed E-state index contributed by atoms with van der Waals surface area (Å²) < 4.78 is 117. The molecule has 0 aliphatic heterocycles. The molecule has 0 bridgehead atoms. The third-order valence-corrected chi connectivity index (χ3v) is 4.06. The number of pyridine rings is 1. The van der Waals surface area contributed by atoms with Crippen molar-refractivity contribution in [2.45, 2.75) is 30.7 Å². The van der Waals surface area contributed by atoms with Gasteiger partial charge in [0.2, 0.25) is 0 Å². The summed E-state index contributed by atoms with van der Waals surface area (Å²) in [4.78, 5) is 15.5. The number of nitrogens with two attached hydrogens (primary N) is 1. The molecule has 0 saturated heterocycles. The zero-order chi connectivity index (χ0) is 22.2. The molecule has 29 heavy (non-hydrogen) atoms. The van der Waals surface area contributed by atoms with Crippen LogP contribution in [0.4, 0.5) is 39.5 Å². The van der Waals surface area contributed by atoms with Crippen molar-refractivity contribution in [2.24, 2.45) is 5.73 Å². The number of nitrogens with zero attached hydrogens (tertiary/aromatic N) is 1. The van der Waals surface area contributed by atoms with E-state index in [9.17, 15) is 44.3 Å². The first kappa shape index (κ1) is 22.7. The molecule has 0 amide bonds. The van der Waals surface area contributed by atoms with Gasteiger partial charge >= 0.3 is 12.4 Å². The highest BCUT2D eigenvalue weighted by Gasteiger charge is 2.55. The van der Waals surface area contributed by atoms with E-state index in [1.165, 1.54) is 0 Å². The Morgan fingerprint density at radius 3 is 2.07 bits per heavy atom. The molecule has 1 atom stereocenters. The number of benzene rings is 1. The van der Waals surface area contributed by atoms with Crippen molar-refractivity contribution in [1.29, 1.82) is 0 Å². The van der Waals surface area contributed by atoms with Gasteiger partial charge in [0.15, 0.2) is 5.78 Å². The van der Waals surface area contributed by atoms with Crippen molar-refractivity contribution in [3.05, 3.63) is 64.7 Å².